The molecule has 0 amide bonds. The van der Waals surface area contributed by atoms with Crippen molar-refractivity contribution in [1.82, 2.24) is 0 Å². The maximum atomic E-state index is 9.77. The third-order valence-electron chi connectivity index (χ3n) is 2.05. The molecule has 1 rings (SSSR count). The van der Waals surface area contributed by atoms with E-state index in [0.29, 0.717) is 18.5 Å². The van der Waals surface area contributed by atoms with Crippen LogP contribution in [0.2, 0.25) is 0 Å². The van der Waals surface area contributed by atoms with Gasteiger partial charge in [-0.2, -0.15) is 0 Å². The third-order valence-corrected chi connectivity index (χ3v) is 2.77. The van der Waals surface area contributed by atoms with Gasteiger partial charge in [0.15, 0.2) is 0 Å². The fourth-order valence-electron chi connectivity index (χ4n) is 1.25. The molecule has 0 fully saturated rings. The molecule has 0 heterocycles. The van der Waals surface area contributed by atoms with Crippen LogP contribution in [-0.2, 0) is 0 Å². The number of benzene rings is 1. The molecule has 0 aliphatic heterocycles. The lowest BCUT2D eigenvalue weighted by molar-refractivity contribution is 0.0146. The van der Waals surface area contributed by atoms with E-state index in [2.05, 4.69) is 15.9 Å². The molecule has 0 saturated carbocycles. The van der Waals surface area contributed by atoms with Crippen molar-refractivity contribution in [3.8, 4) is 0 Å². The second-order valence-corrected chi connectivity index (χ2v) is 3.97. The Bertz CT molecular complexity index is 293. The summed E-state index contributed by atoms with van der Waals surface area (Å²) >= 11 is 3.31. The van der Waals surface area contributed by atoms with Gasteiger partial charge >= 0.3 is 0 Å². The monoisotopic (exact) mass is 259 g/mol. The highest BCUT2D eigenvalue weighted by Gasteiger charge is 2.19. The summed E-state index contributed by atoms with van der Waals surface area (Å²) in [5.41, 5.74) is 5.99. The van der Waals surface area contributed by atoms with E-state index in [9.17, 15) is 10.2 Å². The molecule has 0 aliphatic carbocycles. The molecule has 1 aromatic rings. The molecule has 1 aromatic carbocycles. The highest BCUT2D eigenvalue weighted by atomic mass is 79.9. The number of halogens is 1. The SMILES string of the molecule is NCCC(O)C(O)c1ccccc1Br. The molecule has 4 N–H and O–H groups in total. The van der Waals surface area contributed by atoms with Gasteiger partial charge in [-0.25, -0.2) is 0 Å². The topological polar surface area (TPSA) is 66.5 Å². The largest absolute Gasteiger partial charge is 0.390 e. The molecular formula is C10H14BrNO2. The summed E-state index contributed by atoms with van der Waals surface area (Å²) in [6.07, 6.45) is -1.30. The standard InChI is InChI=1S/C10H14BrNO2/c11-8-4-2-1-3-7(8)10(14)9(13)5-6-12/h1-4,9-10,13-14H,5-6,12H2. The third kappa shape index (κ3) is 2.78. The molecule has 0 bridgehead atoms. The molecule has 3 nitrogen and oxygen atoms in total. The first-order valence-electron chi connectivity index (χ1n) is 4.47. The van der Waals surface area contributed by atoms with Gasteiger partial charge in [0.2, 0.25) is 0 Å². The van der Waals surface area contributed by atoms with Crippen molar-refractivity contribution >= 4 is 15.9 Å². The fourth-order valence-corrected chi connectivity index (χ4v) is 1.77. The minimum Gasteiger partial charge on any atom is -0.390 e. The molecule has 0 saturated heterocycles. The maximum Gasteiger partial charge on any atom is 0.106 e. The molecule has 0 radical (unpaired) electrons. The molecule has 0 aromatic heterocycles. The summed E-state index contributed by atoms with van der Waals surface area (Å²) in [4.78, 5) is 0. The average molecular weight is 260 g/mol. The Labute approximate surface area is 91.7 Å². The first kappa shape index (κ1) is 11.7. The molecule has 78 valence electrons. The number of hydrogen-bond donors (Lipinski definition) is 3. The van der Waals surface area contributed by atoms with Crippen LogP contribution in [0.3, 0.4) is 0 Å². The van der Waals surface area contributed by atoms with Gasteiger partial charge < -0.3 is 15.9 Å². The Morgan fingerprint density at radius 3 is 2.50 bits per heavy atom. The highest BCUT2D eigenvalue weighted by Crippen LogP contribution is 2.26. The normalized spacial score (nSPS) is 15.1. The van der Waals surface area contributed by atoms with Crippen LogP contribution in [0, 0.1) is 0 Å². The van der Waals surface area contributed by atoms with Gasteiger partial charge in [-0.05, 0) is 24.6 Å². The van der Waals surface area contributed by atoms with Gasteiger partial charge in [-0.15, -0.1) is 0 Å². The van der Waals surface area contributed by atoms with E-state index in [4.69, 9.17) is 5.73 Å². The van der Waals surface area contributed by atoms with Crippen molar-refractivity contribution in [2.45, 2.75) is 18.6 Å². The van der Waals surface area contributed by atoms with Crippen LogP contribution in [0.1, 0.15) is 18.1 Å². The summed E-state index contributed by atoms with van der Waals surface area (Å²) in [5, 5.41) is 19.3. The van der Waals surface area contributed by atoms with Gasteiger partial charge in [0.1, 0.15) is 6.10 Å². The fraction of sp³-hybridized carbons (Fsp3) is 0.400. The number of rotatable bonds is 4. The van der Waals surface area contributed by atoms with Gasteiger partial charge in [0.05, 0.1) is 6.10 Å². The Morgan fingerprint density at radius 2 is 1.93 bits per heavy atom. The zero-order valence-corrected chi connectivity index (χ0v) is 9.31. The second kappa shape index (κ2) is 5.46. The molecule has 4 heteroatoms. The Kier molecular flexibility index (Phi) is 4.54. The van der Waals surface area contributed by atoms with Crippen molar-refractivity contribution in [1.29, 1.82) is 0 Å². The van der Waals surface area contributed by atoms with Gasteiger partial charge in [-0.3, -0.25) is 0 Å². The van der Waals surface area contributed by atoms with Crippen molar-refractivity contribution in [3.05, 3.63) is 34.3 Å². The van der Waals surface area contributed by atoms with Crippen molar-refractivity contribution in [2.24, 2.45) is 5.73 Å². The van der Waals surface area contributed by atoms with Gasteiger partial charge in [0.25, 0.3) is 0 Å². The Balaban J connectivity index is 2.78. The number of aliphatic hydroxyl groups is 2. The maximum absolute atomic E-state index is 9.77. The van der Waals surface area contributed by atoms with Crippen LogP contribution in [-0.4, -0.2) is 22.9 Å². The molecule has 2 unspecified atom stereocenters. The zero-order valence-electron chi connectivity index (χ0n) is 7.73. The summed E-state index contributed by atoms with van der Waals surface area (Å²) < 4.78 is 0.795. The van der Waals surface area contributed by atoms with E-state index in [-0.39, 0.29) is 0 Å². The molecule has 2 atom stereocenters. The van der Waals surface area contributed by atoms with E-state index in [1.807, 2.05) is 18.2 Å². The minimum atomic E-state index is -0.880. The summed E-state index contributed by atoms with van der Waals surface area (Å²) in [5.74, 6) is 0. The summed E-state index contributed by atoms with van der Waals surface area (Å²) in [6.45, 7) is 0.364. The second-order valence-electron chi connectivity index (χ2n) is 3.11. The smallest absolute Gasteiger partial charge is 0.106 e. The van der Waals surface area contributed by atoms with E-state index in [1.165, 1.54) is 0 Å². The average Bonchev–Trinajstić information content (AvgIpc) is 2.18. The quantitative estimate of drug-likeness (QED) is 0.761. The number of nitrogens with two attached hydrogens (primary N) is 1. The predicted octanol–water partition coefficient (Wildman–Crippen LogP) is 1.19. The summed E-state index contributed by atoms with van der Waals surface area (Å²) in [6, 6.07) is 7.27. The predicted molar refractivity (Wildman–Crippen MR) is 58.8 cm³/mol. The molecule has 0 aliphatic rings. The van der Waals surface area contributed by atoms with Crippen LogP contribution in [0.4, 0.5) is 0 Å². The van der Waals surface area contributed by atoms with Crippen LogP contribution < -0.4 is 5.73 Å². The minimum absolute atomic E-state index is 0.364. The lowest BCUT2D eigenvalue weighted by Crippen LogP contribution is -2.22. The Morgan fingerprint density at radius 1 is 1.29 bits per heavy atom. The van der Waals surface area contributed by atoms with Crippen LogP contribution in [0.25, 0.3) is 0 Å². The summed E-state index contributed by atoms with van der Waals surface area (Å²) in [7, 11) is 0. The first-order valence-corrected chi connectivity index (χ1v) is 5.26. The molecule has 0 spiro atoms. The lowest BCUT2D eigenvalue weighted by atomic mass is 10.0. The highest BCUT2D eigenvalue weighted by molar-refractivity contribution is 9.10. The van der Waals surface area contributed by atoms with Gasteiger partial charge in [0, 0.05) is 4.47 Å². The number of aliphatic hydroxyl groups excluding tert-OH is 2. The van der Waals surface area contributed by atoms with E-state index >= 15 is 0 Å². The van der Waals surface area contributed by atoms with Gasteiger partial charge in [-0.1, -0.05) is 34.1 Å². The van der Waals surface area contributed by atoms with Crippen molar-refractivity contribution in [2.75, 3.05) is 6.54 Å². The van der Waals surface area contributed by atoms with Crippen LogP contribution in [0.5, 0.6) is 0 Å². The molecule has 14 heavy (non-hydrogen) atoms. The first-order chi connectivity index (χ1) is 6.66. The lowest BCUT2D eigenvalue weighted by Gasteiger charge is -2.18. The van der Waals surface area contributed by atoms with E-state index in [1.54, 1.807) is 6.07 Å². The van der Waals surface area contributed by atoms with Crippen molar-refractivity contribution in [3.63, 3.8) is 0 Å². The van der Waals surface area contributed by atoms with E-state index in [0.717, 1.165) is 4.47 Å². The van der Waals surface area contributed by atoms with E-state index < -0.39 is 12.2 Å². The van der Waals surface area contributed by atoms with Crippen LogP contribution in [0.15, 0.2) is 28.7 Å². The zero-order chi connectivity index (χ0) is 10.6. The Hall–Kier alpha value is -0.420. The van der Waals surface area contributed by atoms with Crippen molar-refractivity contribution < 1.29 is 10.2 Å². The van der Waals surface area contributed by atoms with Crippen LogP contribution >= 0.6 is 15.9 Å². The number of hydrogen-bond acceptors (Lipinski definition) is 3. The molecular weight excluding hydrogens is 246 g/mol.